The molecule has 2 aromatic rings. The number of nitrogens with one attached hydrogen (secondary N) is 1. The fourth-order valence-corrected chi connectivity index (χ4v) is 2.24. The van der Waals surface area contributed by atoms with Gasteiger partial charge in [-0.15, -0.1) is 0 Å². The fraction of sp³-hybridized carbons (Fsp3) is 0.182. The van der Waals surface area contributed by atoms with Crippen molar-refractivity contribution in [2.75, 3.05) is 0 Å². The third-order valence-electron chi connectivity index (χ3n) is 2.25. The predicted molar refractivity (Wildman–Crippen MR) is 62.1 cm³/mol. The van der Waals surface area contributed by atoms with Crippen molar-refractivity contribution in [3.63, 3.8) is 0 Å². The predicted octanol–water partition coefficient (Wildman–Crippen LogP) is 2.87. The molecule has 2 N–H and O–H groups in total. The van der Waals surface area contributed by atoms with Gasteiger partial charge in [0.25, 0.3) is 0 Å². The molecule has 0 fully saturated rings. The molecule has 0 atom stereocenters. The summed E-state index contributed by atoms with van der Waals surface area (Å²) in [6.07, 6.45) is 0.0376. The molecule has 0 saturated carbocycles. The Balaban J connectivity index is 2.64. The molecule has 1 aromatic heterocycles. The van der Waals surface area contributed by atoms with Gasteiger partial charge in [0.05, 0.1) is 6.42 Å². The van der Waals surface area contributed by atoms with E-state index >= 15 is 0 Å². The summed E-state index contributed by atoms with van der Waals surface area (Å²) in [7, 11) is 0. The van der Waals surface area contributed by atoms with Gasteiger partial charge < -0.3 is 10.1 Å². The number of benzene rings is 1. The number of halogens is 1. The maximum absolute atomic E-state index is 10.7. The van der Waals surface area contributed by atoms with E-state index in [0.717, 1.165) is 26.6 Å². The van der Waals surface area contributed by atoms with E-state index in [2.05, 4.69) is 20.9 Å². The lowest BCUT2D eigenvalue weighted by molar-refractivity contribution is -0.136. The Kier molecular flexibility index (Phi) is 2.52. The standard InChI is InChI=1S/C11H10BrNO2/c1-6-2-7-3-9(12)4-8(5-10(14)15)11(7)13-6/h2-4,13H,5H2,1H3,(H,14,15). The van der Waals surface area contributed by atoms with E-state index < -0.39 is 5.97 Å². The average Bonchev–Trinajstić information content (AvgIpc) is 2.44. The number of aromatic amines is 1. The largest absolute Gasteiger partial charge is 0.481 e. The van der Waals surface area contributed by atoms with Crippen LogP contribution in [0.2, 0.25) is 0 Å². The van der Waals surface area contributed by atoms with E-state index in [1.54, 1.807) is 0 Å². The van der Waals surface area contributed by atoms with E-state index in [1.807, 2.05) is 25.1 Å². The fourth-order valence-electron chi connectivity index (χ4n) is 1.72. The first-order valence-corrected chi connectivity index (χ1v) is 5.35. The summed E-state index contributed by atoms with van der Waals surface area (Å²) in [4.78, 5) is 13.9. The number of hydrogen-bond acceptors (Lipinski definition) is 1. The molecule has 3 nitrogen and oxygen atoms in total. The topological polar surface area (TPSA) is 53.1 Å². The molecule has 0 unspecified atom stereocenters. The molecule has 0 aliphatic heterocycles. The summed E-state index contributed by atoms with van der Waals surface area (Å²) >= 11 is 3.38. The number of carboxylic acid groups (broad SMARTS) is 1. The van der Waals surface area contributed by atoms with Crippen molar-refractivity contribution in [3.05, 3.63) is 33.9 Å². The quantitative estimate of drug-likeness (QED) is 0.879. The second-order valence-electron chi connectivity index (χ2n) is 3.55. The number of rotatable bonds is 2. The number of hydrogen-bond donors (Lipinski definition) is 2. The maximum atomic E-state index is 10.7. The van der Waals surface area contributed by atoms with Crippen molar-refractivity contribution < 1.29 is 9.90 Å². The Morgan fingerprint density at radius 1 is 1.47 bits per heavy atom. The number of H-pyrrole nitrogens is 1. The summed E-state index contributed by atoms with van der Waals surface area (Å²) in [5, 5.41) is 9.83. The van der Waals surface area contributed by atoms with Crippen molar-refractivity contribution in [1.82, 2.24) is 4.98 Å². The lowest BCUT2D eigenvalue weighted by Gasteiger charge is -2.01. The Morgan fingerprint density at radius 2 is 2.20 bits per heavy atom. The van der Waals surface area contributed by atoms with Gasteiger partial charge in [-0.05, 0) is 30.7 Å². The van der Waals surface area contributed by atoms with E-state index in [1.165, 1.54) is 0 Å². The zero-order chi connectivity index (χ0) is 11.0. The van der Waals surface area contributed by atoms with Crippen LogP contribution in [0.3, 0.4) is 0 Å². The molecule has 0 aliphatic rings. The van der Waals surface area contributed by atoms with E-state index in [9.17, 15) is 4.79 Å². The molecule has 0 radical (unpaired) electrons. The van der Waals surface area contributed by atoms with Gasteiger partial charge in [0, 0.05) is 21.1 Å². The first-order chi connectivity index (χ1) is 7.06. The van der Waals surface area contributed by atoms with Gasteiger partial charge >= 0.3 is 5.97 Å². The highest BCUT2D eigenvalue weighted by Gasteiger charge is 2.08. The highest BCUT2D eigenvalue weighted by Crippen LogP contribution is 2.25. The number of aromatic nitrogens is 1. The van der Waals surface area contributed by atoms with Crippen LogP contribution in [0.4, 0.5) is 0 Å². The van der Waals surface area contributed by atoms with Crippen molar-refractivity contribution in [3.8, 4) is 0 Å². The minimum Gasteiger partial charge on any atom is -0.481 e. The lowest BCUT2D eigenvalue weighted by Crippen LogP contribution is -2.00. The SMILES string of the molecule is Cc1cc2cc(Br)cc(CC(=O)O)c2[nH]1. The van der Waals surface area contributed by atoms with Crippen LogP contribution in [0.15, 0.2) is 22.7 Å². The van der Waals surface area contributed by atoms with Crippen LogP contribution in [-0.4, -0.2) is 16.1 Å². The van der Waals surface area contributed by atoms with Crippen molar-refractivity contribution in [2.45, 2.75) is 13.3 Å². The summed E-state index contributed by atoms with van der Waals surface area (Å²) in [6, 6.07) is 5.82. The Hall–Kier alpha value is -1.29. The van der Waals surface area contributed by atoms with Gasteiger partial charge in [0.15, 0.2) is 0 Å². The molecule has 78 valence electrons. The van der Waals surface area contributed by atoms with Gasteiger partial charge in [0.1, 0.15) is 0 Å². The van der Waals surface area contributed by atoms with E-state index in [-0.39, 0.29) is 6.42 Å². The molecular weight excluding hydrogens is 258 g/mol. The first kappa shape index (κ1) is 10.2. The highest BCUT2D eigenvalue weighted by atomic mass is 79.9. The van der Waals surface area contributed by atoms with Crippen LogP contribution < -0.4 is 0 Å². The van der Waals surface area contributed by atoms with Gasteiger partial charge in [-0.3, -0.25) is 4.79 Å². The molecule has 1 heterocycles. The molecule has 0 amide bonds. The summed E-state index contributed by atoms with van der Waals surface area (Å²) in [5.74, 6) is -0.818. The number of carbonyl (C=O) groups is 1. The Labute approximate surface area is 95.2 Å². The number of aryl methyl sites for hydroxylation is 1. The van der Waals surface area contributed by atoms with Gasteiger partial charge in [0.2, 0.25) is 0 Å². The van der Waals surface area contributed by atoms with E-state index in [4.69, 9.17) is 5.11 Å². The summed E-state index contributed by atoms with van der Waals surface area (Å²) < 4.78 is 0.908. The molecule has 0 spiro atoms. The zero-order valence-corrected chi connectivity index (χ0v) is 9.76. The van der Waals surface area contributed by atoms with Crippen LogP contribution in [0.25, 0.3) is 10.9 Å². The molecule has 4 heteroatoms. The first-order valence-electron chi connectivity index (χ1n) is 4.56. The lowest BCUT2D eigenvalue weighted by atomic mass is 10.1. The van der Waals surface area contributed by atoms with E-state index in [0.29, 0.717) is 0 Å². The molecule has 1 aromatic carbocycles. The van der Waals surface area contributed by atoms with Crippen LogP contribution in [-0.2, 0) is 11.2 Å². The summed E-state index contributed by atoms with van der Waals surface area (Å²) in [6.45, 7) is 1.96. The van der Waals surface area contributed by atoms with Crippen molar-refractivity contribution >= 4 is 32.8 Å². The minimum absolute atomic E-state index is 0.0376. The highest BCUT2D eigenvalue weighted by molar-refractivity contribution is 9.10. The third-order valence-corrected chi connectivity index (χ3v) is 2.71. The minimum atomic E-state index is -0.818. The maximum Gasteiger partial charge on any atom is 0.307 e. The van der Waals surface area contributed by atoms with Crippen LogP contribution >= 0.6 is 15.9 Å². The molecule has 2 rings (SSSR count). The number of carboxylic acids is 1. The number of fused-ring (bicyclic) bond motifs is 1. The second-order valence-corrected chi connectivity index (χ2v) is 4.47. The molecule has 0 bridgehead atoms. The van der Waals surface area contributed by atoms with Crippen LogP contribution in [0.5, 0.6) is 0 Å². The van der Waals surface area contributed by atoms with Crippen LogP contribution in [0.1, 0.15) is 11.3 Å². The summed E-state index contributed by atoms with van der Waals surface area (Å²) in [5.41, 5.74) is 2.76. The van der Waals surface area contributed by atoms with Crippen molar-refractivity contribution in [2.24, 2.45) is 0 Å². The second kappa shape index (κ2) is 3.70. The van der Waals surface area contributed by atoms with Gasteiger partial charge in [-0.1, -0.05) is 15.9 Å². The number of aliphatic carboxylic acids is 1. The Bertz CT molecular complexity index is 531. The smallest absolute Gasteiger partial charge is 0.307 e. The Morgan fingerprint density at radius 3 is 2.87 bits per heavy atom. The molecule has 0 saturated heterocycles. The molecular formula is C11H10BrNO2. The van der Waals surface area contributed by atoms with Gasteiger partial charge in [-0.25, -0.2) is 0 Å². The zero-order valence-electron chi connectivity index (χ0n) is 8.17. The average molecular weight is 268 g/mol. The van der Waals surface area contributed by atoms with Gasteiger partial charge in [-0.2, -0.15) is 0 Å². The monoisotopic (exact) mass is 267 g/mol. The third kappa shape index (κ3) is 2.04. The van der Waals surface area contributed by atoms with Crippen LogP contribution in [0, 0.1) is 6.92 Å². The molecule has 15 heavy (non-hydrogen) atoms. The normalized spacial score (nSPS) is 10.8. The van der Waals surface area contributed by atoms with Crippen molar-refractivity contribution in [1.29, 1.82) is 0 Å². The molecule has 0 aliphatic carbocycles.